The van der Waals surface area contributed by atoms with Gasteiger partial charge in [0.1, 0.15) is 0 Å². The summed E-state index contributed by atoms with van der Waals surface area (Å²) in [5.41, 5.74) is 2.29. The number of nitrogens with zero attached hydrogens (tertiary/aromatic N) is 2. The van der Waals surface area contributed by atoms with Crippen molar-refractivity contribution in [2.75, 3.05) is 7.05 Å². The Morgan fingerprint density at radius 1 is 1.35 bits per heavy atom. The van der Waals surface area contributed by atoms with Crippen LogP contribution in [0.25, 0.3) is 0 Å². The number of hydrogen-bond donors (Lipinski definition) is 1. The van der Waals surface area contributed by atoms with Gasteiger partial charge in [-0.1, -0.05) is 30.7 Å². The van der Waals surface area contributed by atoms with E-state index in [1.54, 1.807) is 0 Å². The third-order valence-electron chi connectivity index (χ3n) is 3.72. The van der Waals surface area contributed by atoms with Crippen molar-refractivity contribution in [1.29, 1.82) is 0 Å². The average Bonchev–Trinajstić information content (AvgIpc) is 2.92. The molecule has 1 aromatic heterocycles. The van der Waals surface area contributed by atoms with Crippen LogP contribution in [0, 0.1) is 0 Å². The smallest absolute Gasteiger partial charge is 0.0643 e. The molecule has 0 aliphatic carbocycles. The van der Waals surface area contributed by atoms with E-state index in [2.05, 4.69) is 42.6 Å². The van der Waals surface area contributed by atoms with E-state index in [0.717, 1.165) is 23.6 Å². The predicted molar refractivity (Wildman–Crippen MR) is 84.2 cm³/mol. The first-order valence-corrected chi connectivity index (χ1v) is 7.48. The lowest BCUT2D eigenvalue weighted by Gasteiger charge is -2.16. The minimum atomic E-state index is 0.231. The highest BCUT2D eigenvalue weighted by Gasteiger charge is 2.13. The first-order chi connectivity index (χ1) is 9.63. The summed E-state index contributed by atoms with van der Waals surface area (Å²) in [4.78, 5) is 0. The van der Waals surface area contributed by atoms with Crippen molar-refractivity contribution in [2.45, 2.75) is 38.8 Å². The maximum absolute atomic E-state index is 6.07. The highest BCUT2D eigenvalue weighted by Crippen LogP contribution is 2.21. The zero-order valence-electron chi connectivity index (χ0n) is 12.3. The van der Waals surface area contributed by atoms with Gasteiger partial charge in [0.15, 0.2) is 0 Å². The molecule has 0 fully saturated rings. The van der Waals surface area contributed by atoms with Gasteiger partial charge in [0.05, 0.1) is 5.69 Å². The van der Waals surface area contributed by atoms with E-state index in [1.807, 2.05) is 29.9 Å². The molecule has 3 nitrogen and oxygen atoms in total. The second-order valence-electron chi connectivity index (χ2n) is 5.14. The second-order valence-corrected chi connectivity index (χ2v) is 5.58. The summed E-state index contributed by atoms with van der Waals surface area (Å²) in [5, 5.41) is 8.77. The molecular formula is C16H22ClN3. The number of likely N-dealkylation sites (N-methyl/N-ethyl adjacent to an activating group) is 1. The molecule has 2 atom stereocenters. The molecule has 1 N–H and O–H groups in total. The van der Waals surface area contributed by atoms with Crippen LogP contribution in [0.2, 0.25) is 5.02 Å². The highest BCUT2D eigenvalue weighted by molar-refractivity contribution is 6.30. The van der Waals surface area contributed by atoms with Crippen molar-refractivity contribution >= 4 is 11.6 Å². The van der Waals surface area contributed by atoms with Gasteiger partial charge in [-0.15, -0.1) is 0 Å². The van der Waals surface area contributed by atoms with Crippen LogP contribution in [0.5, 0.6) is 0 Å². The van der Waals surface area contributed by atoms with E-state index in [9.17, 15) is 0 Å². The molecule has 4 heteroatoms. The standard InChI is InChI=1S/C16H22ClN3/c1-4-12(2)20-9-8-15(19-20)11-16(18-3)13-6-5-7-14(17)10-13/h5-10,12,16,18H,4,11H2,1-3H3. The highest BCUT2D eigenvalue weighted by atomic mass is 35.5. The van der Waals surface area contributed by atoms with Crippen molar-refractivity contribution in [3.63, 3.8) is 0 Å². The molecule has 20 heavy (non-hydrogen) atoms. The largest absolute Gasteiger partial charge is 0.313 e. The van der Waals surface area contributed by atoms with Crippen LogP contribution < -0.4 is 5.32 Å². The van der Waals surface area contributed by atoms with E-state index < -0.39 is 0 Å². The monoisotopic (exact) mass is 291 g/mol. The van der Waals surface area contributed by atoms with Gasteiger partial charge in [0.25, 0.3) is 0 Å². The van der Waals surface area contributed by atoms with E-state index in [1.165, 1.54) is 5.56 Å². The topological polar surface area (TPSA) is 29.9 Å². The summed E-state index contributed by atoms with van der Waals surface area (Å²) in [7, 11) is 1.97. The minimum absolute atomic E-state index is 0.231. The van der Waals surface area contributed by atoms with Crippen LogP contribution in [0.15, 0.2) is 36.5 Å². The molecule has 2 aromatic rings. The molecule has 0 amide bonds. The van der Waals surface area contributed by atoms with Crippen molar-refractivity contribution in [2.24, 2.45) is 0 Å². The van der Waals surface area contributed by atoms with E-state index in [4.69, 9.17) is 11.6 Å². The zero-order valence-corrected chi connectivity index (χ0v) is 13.1. The molecule has 108 valence electrons. The summed E-state index contributed by atoms with van der Waals surface area (Å²) in [6.45, 7) is 4.36. The molecule has 0 bridgehead atoms. The molecule has 0 saturated carbocycles. The Hall–Kier alpha value is -1.32. The van der Waals surface area contributed by atoms with Crippen LogP contribution >= 0.6 is 11.6 Å². The fourth-order valence-corrected chi connectivity index (χ4v) is 2.44. The molecule has 2 rings (SSSR count). The summed E-state index contributed by atoms with van der Waals surface area (Å²) < 4.78 is 2.04. The molecule has 0 aliphatic rings. The molecule has 0 aliphatic heterocycles. The first-order valence-electron chi connectivity index (χ1n) is 7.10. The maximum Gasteiger partial charge on any atom is 0.0643 e. The van der Waals surface area contributed by atoms with Gasteiger partial charge in [-0.25, -0.2) is 0 Å². The van der Waals surface area contributed by atoms with Gasteiger partial charge in [-0.3, -0.25) is 4.68 Å². The molecule has 1 aromatic carbocycles. The summed E-state index contributed by atoms with van der Waals surface area (Å²) in [6, 6.07) is 10.8. The van der Waals surface area contributed by atoms with Crippen molar-refractivity contribution in [1.82, 2.24) is 15.1 Å². The fraction of sp³-hybridized carbons (Fsp3) is 0.438. The Morgan fingerprint density at radius 2 is 2.15 bits per heavy atom. The number of hydrogen-bond acceptors (Lipinski definition) is 2. The van der Waals surface area contributed by atoms with Crippen molar-refractivity contribution < 1.29 is 0 Å². The van der Waals surface area contributed by atoms with E-state index >= 15 is 0 Å². The van der Waals surface area contributed by atoms with Gasteiger partial charge >= 0.3 is 0 Å². The third kappa shape index (κ3) is 3.62. The SMILES string of the molecule is CCC(C)n1ccc(CC(NC)c2cccc(Cl)c2)n1. The Balaban J connectivity index is 2.12. The lowest BCUT2D eigenvalue weighted by atomic mass is 10.0. The van der Waals surface area contributed by atoms with Crippen LogP contribution in [0.1, 0.15) is 43.6 Å². The van der Waals surface area contributed by atoms with Gasteiger partial charge in [-0.2, -0.15) is 5.10 Å². The molecule has 0 radical (unpaired) electrons. The quantitative estimate of drug-likeness (QED) is 0.871. The number of aromatic nitrogens is 2. The predicted octanol–water partition coefficient (Wildman–Crippen LogP) is 4.01. The normalized spacial score (nSPS) is 14.2. The lowest BCUT2D eigenvalue weighted by Crippen LogP contribution is -2.19. The Morgan fingerprint density at radius 3 is 2.80 bits per heavy atom. The van der Waals surface area contributed by atoms with Crippen molar-refractivity contribution in [3.8, 4) is 0 Å². The van der Waals surface area contributed by atoms with E-state index in [0.29, 0.717) is 6.04 Å². The number of rotatable bonds is 6. The summed E-state index contributed by atoms with van der Waals surface area (Å²) >= 11 is 6.07. The molecule has 0 spiro atoms. The van der Waals surface area contributed by atoms with Crippen LogP contribution in [-0.2, 0) is 6.42 Å². The fourth-order valence-electron chi connectivity index (χ4n) is 2.24. The minimum Gasteiger partial charge on any atom is -0.313 e. The molecule has 2 unspecified atom stereocenters. The third-order valence-corrected chi connectivity index (χ3v) is 3.95. The number of benzene rings is 1. The first kappa shape index (κ1) is 15.1. The van der Waals surface area contributed by atoms with Gasteiger partial charge in [-0.05, 0) is 44.2 Å². The van der Waals surface area contributed by atoms with Crippen LogP contribution in [0.4, 0.5) is 0 Å². The Bertz CT molecular complexity index is 550. The second kappa shape index (κ2) is 6.91. The Kier molecular flexibility index (Phi) is 5.21. The van der Waals surface area contributed by atoms with Gasteiger partial charge in [0, 0.05) is 29.7 Å². The molecule has 1 heterocycles. The van der Waals surface area contributed by atoms with Crippen LogP contribution in [-0.4, -0.2) is 16.8 Å². The number of halogens is 1. The maximum atomic E-state index is 6.07. The van der Waals surface area contributed by atoms with Gasteiger partial charge < -0.3 is 5.32 Å². The number of nitrogens with one attached hydrogen (secondary N) is 1. The lowest BCUT2D eigenvalue weighted by molar-refractivity contribution is 0.469. The summed E-state index contributed by atoms with van der Waals surface area (Å²) in [5.74, 6) is 0. The van der Waals surface area contributed by atoms with Crippen LogP contribution in [0.3, 0.4) is 0 Å². The van der Waals surface area contributed by atoms with Crippen molar-refractivity contribution in [3.05, 3.63) is 52.8 Å². The molecular weight excluding hydrogens is 270 g/mol. The molecule has 0 saturated heterocycles. The summed E-state index contributed by atoms with van der Waals surface area (Å²) in [6.07, 6.45) is 4.01. The van der Waals surface area contributed by atoms with Gasteiger partial charge in [0.2, 0.25) is 0 Å². The van der Waals surface area contributed by atoms with E-state index in [-0.39, 0.29) is 6.04 Å². The average molecular weight is 292 g/mol. The Labute approximate surface area is 126 Å². The zero-order chi connectivity index (χ0) is 14.5.